The Morgan fingerprint density at radius 3 is 2.64 bits per heavy atom. The quantitative estimate of drug-likeness (QED) is 0.336. The van der Waals surface area contributed by atoms with E-state index in [1.165, 1.54) is 0 Å². The fourth-order valence-corrected chi connectivity index (χ4v) is 4.06. The summed E-state index contributed by atoms with van der Waals surface area (Å²) < 4.78 is 5.28. The summed E-state index contributed by atoms with van der Waals surface area (Å²) in [6.07, 6.45) is 12.4. The highest BCUT2D eigenvalue weighted by Gasteiger charge is 2.23. The lowest BCUT2D eigenvalue weighted by molar-refractivity contribution is -0.139. The van der Waals surface area contributed by atoms with Crippen molar-refractivity contribution in [2.75, 3.05) is 26.3 Å². The van der Waals surface area contributed by atoms with Crippen LogP contribution in [0.4, 0.5) is 0 Å². The SMILES string of the molecule is O=C1OCCC=CCCCC/C(NOCC(=O)N2CCCCC2)=C/c2c(Cl)c(O)cc(O)c21. The van der Waals surface area contributed by atoms with Gasteiger partial charge in [-0.2, -0.15) is 0 Å². The van der Waals surface area contributed by atoms with Crippen molar-refractivity contribution < 1.29 is 29.4 Å². The Bertz CT molecular complexity index is 909. The molecule has 2 heterocycles. The first-order valence-electron chi connectivity index (χ1n) is 11.4. The molecule has 180 valence electrons. The minimum absolute atomic E-state index is 0.0876. The van der Waals surface area contributed by atoms with Gasteiger partial charge in [0, 0.05) is 30.4 Å². The van der Waals surface area contributed by atoms with Crippen LogP contribution in [-0.4, -0.2) is 53.3 Å². The van der Waals surface area contributed by atoms with E-state index >= 15 is 0 Å². The Labute approximate surface area is 198 Å². The van der Waals surface area contributed by atoms with Gasteiger partial charge in [0.1, 0.15) is 17.1 Å². The number of amides is 1. The fraction of sp³-hybridized carbons (Fsp3) is 0.500. The molecule has 33 heavy (non-hydrogen) atoms. The number of halogens is 1. The van der Waals surface area contributed by atoms with Gasteiger partial charge in [-0.25, -0.2) is 4.79 Å². The van der Waals surface area contributed by atoms with Crippen molar-refractivity contribution in [2.45, 2.75) is 51.4 Å². The maximum Gasteiger partial charge on any atom is 0.342 e. The van der Waals surface area contributed by atoms with Gasteiger partial charge in [0.15, 0.2) is 6.61 Å². The van der Waals surface area contributed by atoms with Gasteiger partial charge in [0.05, 0.1) is 11.6 Å². The monoisotopic (exact) mass is 478 g/mol. The summed E-state index contributed by atoms with van der Waals surface area (Å²) in [5.41, 5.74) is 3.36. The molecular formula is C24H31ClN2O6. The number of ether oxygens (including phenoxy) is 1. The van der Waals surface area contributed by atoms with Gasteiger partial charge in [0.2, 0.25) is 0 Å². The summed E-state index contributed by atoms with van der Waals surface area (Å²) in [6, 6.07) is 1.01. The topological polar surface area (TPSA) is 108 Å². The van der Waals surface area contributed by atoms with Crippen LogP contribution in [0, 0.1) is 0 Å². The zero-order valence-electron chi connectivity index (χ0n) is 18.6. The van der Waals surface area contributed by atoms with Gasteiger partial charge in [-0.05, 0) is 57.4 Å². The van der Waals surface area contributed by atoms with Crippen LogP contribution in [0.1, 0.15) is 67.3 Å². The molecule has 1 aromatic rings. The third kappa shape index (κ3) is 7.14. The van der Waals surface area contributed by atoms with Crippen molar-refractivity contribution in [1.82, 2.24) is 10.4 Å². The van der Waals surface area contributed by atoms with Gasteiger partial charge in [-0.3, -0.25) is 15.1 Å². The zero-order valence-corrected chi connectivity index (χ0v) is 19.4. The van der Waals surface area contributed by atoms with Gasteiger partial charge in [0.25, 0.3) is 5.91 Å². The van der Waals surface area contributed by atoms with Crippen LogP contribution < -0.4 is 5.48 Å². The summed E-state index contributed by atoms with van der Waals surface area (Å²) in [7, 11) is 0. The Balaban J connectivity index is 1.82. The van der Waals surface area contributed by atoms with E-state index in [2.05, 4.69) is 5.48 Å². The molecule has 0 saturated carbocycles. The van der Waals surface area contributed by atoms with Crippen LogP contribution in [0.2, 0.25) is 5.02 Å². The van der Waals surface area contributed by atoms with Crippen LogP contribution in [0.25, 0.3) is 6.08 Å². The van der Waals surface area contributed by atoms with Gasteiger partial charge in [-0.1, -0.05) is 23.8 Å². The van der Waals surface area contributed by atoms with E-state index in [-0.39, 0.29) is 41.0 Å². The molecule has 2 aliphatic heterocycles. The number of piperidine rings is 1. The second-order valence-corrected chi connectivity index (χ2v) is 8.54. The second-order valence-electron chi connectivity index (χ2n) is 8.16. The highest BCUT2D eigenvalue weighted by atomic mass is 35.5. The lowest BCUT2D eigenvalue weighted by Crippen LogP contribution is -2.39. The summed E-state index contributed by atoms with van der Waals surface area (Å²) in [5.74, 6) is -1.63. The van der Waals surface area contributed by atoms with Crippen molar-refractivity contribution in [3.8, 4) is 11.5 Å². The van der Waals surface area contributed by atoms with E-state index in [4.69, 9.17) is 21.2 Å². The molecule has 1 fully saturated rings. The number of cyclic esters (lactones) is 1. The van der Waals surface area contributed by atoms with Crippen molar-refractivity contribution >= 4 is 29.6 Å². The Hall–Kier alpha value is -2.71. The molecule has 1 aromatic carbocycles. The number of carbonyl (C=O) groups excluding carboxylic acids is 2. The van der Waals surface area contributed by atoms with Crippen molar-refractivity contribution in [2.24, 2.45) is 0 Å². The Morgan fingerprint density at radius 1 is 1.09 bits per heavy atom. The number of carbonyl (C=O) groups is 2. The third-order valence-electron chi connectivity index (χ3n) is 5.64. The number of phenols is 2. The van der Waals surface area contributed by atoms with Crippen molar-refractivity contribution in [1.29, 1.82) is 0 Å². The minimum Gasteiger partial charge on any atom is -0.507 e. The maximum atomic E-state index is 12.7. The van der Waals surface area contributed by atoms with Crippen molar-refractivity contribution in [3.63, 3.8) is 0 Å². The average Bonchev–Trinajstić information content (AvgIpc) is 2.80. The number of hydrogen-bond donors (Lipinski definition) is 3. The number of hydroxylamine groups is 1. The first-order chi connectivity index (χ1) is 16.0. The molecule has 3 N–H and O–H groups in total. The number of esters is 1. The largest absolute Gasteiger partial charge is 0.507 e. The molecule has 2 aliphatic rings. The second kappa shape index (κ2) is 12.5. The molecule has 0 aliphatic carbocycles. The third-order valence-corrected chi connectivity index (χ3v) is 6.04. The molecule has 9 heteroatoms. The van der Waals surface area contributed by atoms with Gasteiger partial charge < -0.3 is 19.8 Å². The van der Waals surface area contributed by atoms with Crippen LogP contribution in [-0.2, 0) is 14.4 Å². The first kappa shape index (κ1) is 24.9. The predicted molar refractivity (Wildman–Crippen MR) is 125 cm³/mol. The van der Waals surface area contributed by atoms with E-state index < -0.39 is 11.7 Å². The minimum atomic E-state index is -0.744. The molecule has 3 rings (SSSR count). The van der Waals surface area contributed by atoms with Gasteiger partial charge in [-0.15, -0.1) is 0 Å². The smallest absolute Gasteiger partial charge is 0.342 e. The van der Waals surface area contributed by atoms with Gasteiger partial charge >= 0.3 is 5.97 Å². The van der Waals surface area contributed by atoms with Crippen LogP contribution in [0.3, 0.4) is 0 Å². The number of aromatic hydroxyl groups is 2. The highest BCUT2D eigenvalue weighted by molar-refractivity contribution is 6.34. The number of hydrogen-bond acceptors (Lipinski definition) is 7. The molecule has 0 atom stereocenters. The first-order valence-corrected chi connectivity index (χ1v) is 11.8. The van der Waals surface area contributed by atoms with Crippen LogP contribution in [0.5, 0.6) is 11.5 Å². The number of benzene rings is 1. The number of rotatable bonds is 4. The number of fused-ring (bicyclic) bond motifs is 1. The highest BCUT2D eigenvalue weighted by Crippen LogP contribution is 2.38. The van der Waals surface area contributed by atoms with E-state index in [0.29, 0.717) is 18.5 Å². The number of allylic oxidation sites excluding steroid dienone is 2. The van der Waals surface area contributed by atoms with Crippen molar-refractivity contribution in [3.05, 3.63) is 40.1 Å². The summed E-state index contributed by atoms with van der Waals surface area (Å²) in [6.45, 7) is 1.50. The fourth-order valence-electron chi connectivity index (χ4n) is 3.86. The van der Waals surface area contributed by atoms with E-state index in [1.54, 1.807) is 11.0 Å². The standard InChI is InChI=1S/C24H31ClN2O6/c25-23-18-14-17(26-33-16-21(30)27-11-7-5-8-12-27)10-6-3-1-2-4-9-13-32-24(31)22(18)19(28)15-20(23)29/h2,4,14-15,26,28-29H,1,3,5-13,16H2/b4-2?,17-14-. The molecule has 0 unspecified atom stereocenters. The molecular weight excluding hydrogens is 448 g/mol. The van der Waals surface area contributed by atoms with E-state index in [9.17, 15) is 19.8 Å². The predicted octanol–water partition coefficient (Wildman–Crippen LogP) is 4.30. The summed E-state index contributed by atoms with van der Waals surface area (Å²) >= 11 is 6.30. The Morgan fingerprint density at radius 2 is 1.85 bits per heavy atom. The molecule has 0 spiro atoms. The lowest BCUT2D eigenvalue weighted by atomic mass is 10.0. The van der Waals surface area contributed by atoms with E-state index in [1.807, 2.05) is 12.2 Å². The summed E-state index contributed by atoms with van der Waals surface area (Å²) in [4.78, 5) is 32.3. The normalized spacial score (nSPS) is 19.6. The molecule has 8 nitrogen and oxygen atoms in total. The molecule has 0 radical (unpaired) electrons. The molecule has 1 saturated heterocycles. The Kier molecular flexibility index (Phi) is 9.45. The number of nitrogens with zero attached hydrogens (tertiary/aromatic N) is 1. The van der Waals surface area contributed by atoms with Crippen LogP contribution in [0.15, 0.2) is 23.9 Å². The molecule has 0 aromatic heterocycles. The number of phenolic OH excluding ortho intramolecular Hbond substituents is 2. The average molecular weight is 479 g/mol. The summed E-state index contributed by atoms with van der Waals surface area (Å²) in [5, 5.41) is 20.4. The van der Waals surface area contributed by atoms with Crippen LogP contribution >= 0.6 is 11.6 Å². The maximum absolute atomic E-state index is 12.7. The van der Waals surface area contributed by atoms with E-state index in [0.717, 1.165) is 57.7 Å². The zero-order chi connectivity index (χ0) is 23.6. The lowest BCUT2D eigenvalue weighted by Gasteiger charge is -2.26. The molecule has 0 bridgehead atoms. The molecule has 1 amide bonds. The number of likely N-dealkylation sites (tertiary alicyclic amines) is 1. The number of nitrogens with one attached hydrogen (secondary N) is 1.